The molecule has 0 bridgehead atoms. The van der Waals surface area contributed by atoms with Gasteiger partial charge in [-0.3, -0.25) is 0 Å². The van der Waals surface area contributed by atoms with E-state index >= 15 is 0 Å². The zero-order chi connectivity index (χ0) is 15.8. The SMILES string of the molecule is Cc1nc(Cl)c(N)c(NC2CN(C(=O)OC(C)(C)C)C2)n1. The highest BCUT2D eigenvalue weighted by Gasteiger charge is 2.34. The summed E-state index contributed by atoms with van der Waals surface area (Å²) in [6.07, 6.45) is -0.314. The molecule has 0 radical (unpaired) electrons. The van der Waals surface area contributed by atoms with Gasteiger partial charge in [-0.05, 0) is 27.7 Å². The molecule has 21 heavy (non-hydrogen) atoms. The van der Waals surface area contributed by atoms with E-state index in [0.717, 1.165) is 0 Å². The van der Waals surface area contributed by atoms with Gasteiger partial charge in [0.05, 0.1) is 6.04 Å². The highest BCUT2D eigenvalue weighted by Crippen LogP contribution is 2.26. The number of nitrogens with zero attached hydrogens (tertiary/aromatic N) is 3. The number of amides is 1. The monoisotopic (exact) mass is 313 g/mol. The minimum Gasteiger partial charge on any atom is -0.444 e. The van der Waals surface area contributed by atoms with Gasteiger partial charge in [0.15, 0.2) is 11.0 Å². The molecule has 1 aromatic rings. The Hall–Kier alpha value is -1.76. The quantitative estimate of drug-likeness (QED) is 0.812. The highest BCUT2D eigenvalue weighted by molar-refractivity contribution is 6.32. The number of hydrogen-bond donors (Lipinski definition) is 2. The van der Waals surface area contributed by atoms with Crippen LogP contribution in [-0.4, -0.2) is 45.7 Å². The van der Waals surface area contributed by atoms with Crippen LogP contribution < -0.4 is 11.1 Å². The van der Waals surface area contributed by atoms with Gasteiger partial charge in [-0.1, -0.05) is 11.6 Å². The second-order valence-corrected chi connectivity index (χ2v) is 6.41. The number of anilines is 2. The molecule has 1 saturated heterocycles. The minimum atomic E-state index is -0.489. The van der Waals surface area contributed by atoms with Crippen LogP contribution in [0.1, 0.15) is 26.6 Å². The Morgan fingerprint density at radius 1 is 1.43 bits per heavy atom. The molecule has 2 heterocycles. The van der Waals surface area contributed by atoms with Crippen molar-refractivity contribution in [2.75, 3.05) is 24.1 Å². The molecule has 1 aliphatic heterocycles. The lowest BCUT2D eigenvalue weighted by atomic mass is 10.1. The molecule has 0 aliphatic carbocycles. The van der Waals surface area contributed by atoms with E-state index in [4.69, 9.17) is 22.1 Å². The van der Waals surface area contributed by atoms with Crippen LogP contribution in [0.3, 0.4) is 0 Å². The third-order valence-corrected chi connectivity index (χ3v) is 3.17. The van der Waals surface area contributed by atoms with Gasteiger partial charge in [0.1, 0.15) is 17.1 Å². The number of halogens is 1. The average molecular weight is 314 g/mol. The number of ether oxygens (including phenoxy) is 1. The lowest BCUT2D eigenvalue weighted by Gasteiger charge is -2.40. The summed E-state index contributed by atoms with van der Waals surface area (Å²) in [6.45, 7) is 8.33. The van der Waals surface area contributed by atoms with E-state index < -0.39 is 5.60 Å². The Morgan fingerprint density at radius 2 is 2.05 bits per heavy atom. The molecule has 1 aliphatic rings. The van der Waals surface area contributed by atoms with Gasteiger partial charge < -0.3 is 20.7 Å². The molecule has 1 fully saturated rings. The van der Waals surface area contributed by atoms with E-state index in [2.05, 4.69) is 15.3 Å². The van der Waals surface area contributed by atoms with Crippen LogP contribution in [0.25, 0.3) is 0 Å². The molecule has 3 N–H and O–H groups in total. The van der Waals surface area contributed by atoms with Crippen molar-refractivity contribution in [3.05, 3.63) is 11.0 Å². The van der Waals surface area contributed by atoms with E-state index in [1.807, 2.05) is 20.8 Å². The summed E-state index contributed by atoms with van der Waals surface area (Å²) in [7, 11) is 0. The third-order valence-electron chi connectivity index (χ3n) is 2.89. The third kappa shape index (κ3) is 3.87. The van der Waals surface area contributed by atoms with E-state index in [9.17, 15) is 4.79 Å². The van der Waals surface area contributed by atoms with Crippen molar-refractivity contribution >= 4 is 29.2 Å². The molecule has 0 spiro atoms. The summed E-state index contributed by atoms with van der Waals surface area (Å²) in [4.78, 5) is 21.6. The predicted molar refractivity (Wildman–Crippen MR) is 81.4 cm³/mol. The Balaban J connectivity index is 1.90. The number of aryl methyl sites for hydroxylation is 1. The molecule has 0 aromatic carbocycles. The van der Waals surface area contributed by atoms with Crippen molar-refractivity contribution in [2.45, 2.75) is 39.3 Å². The van der Waals surface area contributed by atoms with Crippen molar-refractivity contribution < 1.29 is 9.53 Å². The molecule has 0 unspecified atom stereocenters. The van der Waals surface area contributed by atoms with Crippen LogP contribution in [-0.2, 0) is 4.74 Å². The van der Waals surface area contributed by atoms with Gasteiger partial charge in [-0.25, -0.2) is 14.8 Å². The molecular weight excluding hydrogens is 294 g/mol. The predicted octanol–water partition coefficient (Wildman–Crippen LogP) is 2.05. The first kappa shape index (κ1) is 15.6. The molecule has 0 atom stereocenters. The largest absolute Gasteiger partial charge is 0.444 e. The van der Waals surface area contributed by atoms with Crippen molar-refractivity contribution in [3.63, 3.8) is 0 Å². The first-order valence-electron chi connectivity index (χ1n) is 6.70. The Kier molecular flexibility index (Phi) is 4.13. The van der Waals surface area contributed by atoms with Crippen molar-refractivity contribution in [1.82, 2.24) is 14.9 Å². The smallest absolute Gasteiger partial charge is 0.410 e. The van der Waals surface area contributed by atoms with Gasteiger partial charge in [-0.2, -0.15) is 0 Å². The second kappa shape index (κ2) is 5.55. The summed E-state index contributed by atoms with van der Waals surface area (Å²) in [5.74, 6) is 1.04. The number of carbonyl (C=O) groups is 1. The van der Waals surface area contributed by atoms with E-state index in [-0.39, 0.29) is 17.3 Å². The fourth-order valence-electron chi connectivity index (χ4n) is 1.90. The normalized spacial score (nSPS) is 15.6. The van der Waals surface area contributed by atoms with Gasteiger partial charge in [0.2, 0.25) is 0 Å². The summed E-state index contributed by atoms with van der Waals surface area (Å²) >= 11 is 5.91. The van der Waals surface area contributed by atoms with Crippen LogP contribution in [0.4, 0.5) is 16.3 Å². The standard InChI is InChI=1S/C13H20ClN5O2/c1-7-16-10(14)9(15)11(17-7)18-8-5-19(6-8)12(20)21-13(2,3)4/h8H,5-6,15H2,1-4H3,(H,16,17,18). The van der Waals surface area contributed by atoms with Gasteiger partial charge in [0.25, 0.3) is 0 Å². The zero-order valence-electron chi connectivity index (χ0n) is 12.6. The van der Waals surface area contributed by atoms with Crippen molar-refractivity contribution in [2.24, 2.45) is 0 Å². The van der Waals surface area contributed by atoms with E-state index in [1.54, 1.807) is 11.8 Å². The number of aromatic nitrogens is 2. The topological polar surface area (TPSA) is 93.4 Å². The fourth-order valence-corrected chi connectivity index (χ4v) is 2.11. The van der Waals surface area contributed by atoms with Crippen LogP contribution in [0, 0.1) is 6.92 Å². The molecule has 1 amide bonds. The van der Waals surface area contributed by atoms with Crippen molar-refractivity contribution in [3.8, 4) is 0 Å². The summed E-state index contributed by atoms with van der Waals surface area (Å²) in [5, 5.41) is 3.40. The first-order valence-corrected chi connectivity index (χ1v) is 7.07. The maximum absolute atomic E-state index is 11.8. The molecule has 0 saturated carbocycles. The number of nitrogen functional groups attached to an aromatic ring is 1. The minimum absolute atomic E-state index is 0.0742. The highest BCUT2D eigenvalue weighted by atomic mass is 35.5. The number of rotatable bonds is 2. The molecule has 116 valence electrons. The van der Waals surface area contributed by atoms with E-state index in [1.165, 1.54) is 0 Å². The zero-order valence-corrected chi connectivity index (χ0v) is 13.4. The number of hydrogen-bond acceptors (Lipinski definition) is 6. The summed E-state index contributed by atoms with van der Waals surface area (Å²) in [6, 6.07) is 0.0742. The lowest BCUT2D eigenvalue weighted by molar-refractivity contribution is 0.0105. The number of carbonyl (C=O) groups excluding carboxylic acids is 1. The van der Waals surface area contributed by atoms with E-state index in [0.29, 0.717) is 30.4 Å². The number of nitrogens with two attached hydrogens (primary N) is 1. The molecule has 1 aromatic heterocycles. The summed E-state index contributed by atoms with van der Waals surface area (Å²) in [5.41, 5.74) is 5.66. The second-order valence-electron chi connectivity index (χ2n) is 6.05. The lowest BCUT2D eigenvalue weighted by Crippen LogP contribution is -2.58. The van der Waals surface area contributed by atoms with Crippen LogP contribution >= 0.6 is 11.6 Å². The number of likely N-dealkylation sites (tertiary alicyclic amines) is 1. The maximum atomic E-state index is 11.8. The van der Waals surface area contributed by atoms with Gasteiger partial charge in [0, 0.05) is 13.1 Å². The Labute approximate surface area is 128 Å². The summed E-state index contributed by atoms with van der Waals surface area (Å²) < 4.78 is 5.29. The molecule has 2 rings (SSSR count). The first-order chi connectivity index (χ1) is 9.65. The Morgan fingerprint density at radius 3 is 2.62 bits per heavy atom. The van der Waals surface area contributed by atoms with Gasteiger partial charge in [-0.15, -0.1) is 0 Å². The molecule has 8 heteroatoms. The van der Waals surface area contributed by atoms with Gasteiger partial charge >= 0.3 is 6.09 Å². The average Bonchev–Trinajstić information content (AvgIpc) is 2.26. The van der Waals surface area contributed by atoms with Crippen LogP contribution in [0.15, 0.2) is 0 Å². The van der Waals surface area contributed by atoms with Crippen molar-refractivity contribution in [1.29, 1.82) is 0 Å². The molecule has 7 nitrogen and oxygen atoms in total. The Bertz CT molecular complexity index is 552. The number of nitrogens with one attached hydrogen (secondary N) is 1. The fraction of sp³-hybridized carbons (Fsp3) is 0.615. The van der Waals surface area contributed by atoms with Crippen LogP contribution in [0.2, 0.25) is 5.15 Å². The maximum Gasteiger partial charge on any atom is 0.410 e. The molecular formula is C13H20ClN5O2. The van der Waals surface area contributed by atoms with Crippen LogP contribution in [0.5, 0.6) is 0 Å².